The Bertz CT molecular complexity index is 1330. The van der Waals surface area contributed by atoms with Crippen molar-refractivity contribution in [1.29, 1.82) is 0 Å². The van der Waals surface area contributed by atoms with Crippen LogP contribution in [-0.4, -0.2) is 37.2 Å². The second-order valence-electron chi connectivity index (χ2n) is 21.7. The number of carbonyl (C=O) groups excluding carboxylic acids is 3. The predicted molar refractivity (Wildman–Crippen MR) is 321 cm³/mol. The second-order valence-corrected chi connectivity index (χ2v) is 21.7. The number of allylic oxidation sites excluding steroid dienone is 10. The van der Waals surface area contributed by atoms with Gasteiger partial charge >= 0.3 is 17.9 Å². The van der Waals surface area contributed by atoms with Gasteiger partial charge in [-0.1, -0.05) is 313 Å². The monoisotopic (exact) mass is 1030 g/mol. The summed E-state index contributed by atoms with van der Waals surface area (Å²) in [5, 5.41) is 0. The highest BCUT2D eigenvalue weighted by molar-refractivity contribution is 5.71. The topological polar surface area (TPSA) is 78.9 Å². The quantitative estimate of drug-likeness (QED) is 0.0261. The molecule has 430 valence electrons. The maximum Gasteiger partial charge on any atom is 0.306 e. The minimum atomic E-state index is -0.766. The van der Waals surface area contributed by atoms with Gasteiger partial charge in [-0.15, -0.1) is 0 Å². The number of carbonyl (C=O) groups is 3. The van der Waals surface area contributed by atoms with Gasteiger partial charge in [-0.3, -0.25) is 14.4 Å². The van der Waals surface area contributed by atoms with Crippen molar-refractivity contribution in [2.75, 3.05) is 13.2 Å². The van der Waals surface area contributed by atoms with Crippen LogP contribution in [0.3, 0.4) is 0 Å². The molecule has 0 saturated carbocycles. The molecule has 0 aromatic rings. The van der Waals surface area contributed by atoms with Crippen molar-refractivity contribution in [2.24, 2.45) is 0 Å². The zero-order valence-electron chi connectivity index (χ0n) is 49.4. The first kappa shape index (κ1) is 71.1. The van der Waals surface area contributed by atoms with E-state index in [4.69, 9.17) is 14.2 Å². The summed E-state index contributed by atoms with van der Waals surface area (Å²) in [7, 11) is 0. The van der Waals surface area contributed by atoms with Crippen molar-refractivity contribution < 1.29 is 28.6 Å². The van der Waals surface area contributed by atoms with E-state index in [2.05, 4.69) is 81.5 Å². The molecule has 0 aliphatic rings. The third-order valence-electron chi connectivity index (χ3n) is 14.3. The Morgan fingerprint density at radius 1 is 0.284 bits per heavy atom. The molecule has 0 N–H and O–H groups in total. The molecule has 0 aromatic carbocycles. The third-order valence-corrected chi connectivity index (χ3v) is 14.3. The number of ether oxygens (including phenoxy) is 3. The molecule has 0 rings (SSSR count). The van der Waals surface area contributed by atoms with E-state index in [1.165, 1.54) is 205 Å². The Kier molecular flexibility index (Phi) is 60.2. The molecular weight excluding hydrogens is 913 g/mol. The standard InChI is InChI=1S/C68H122O6/c1-4-7-10-13-16-18-20-22-24-26-27-28-29-30-31-32-33-34-35-36-37-38-39-40-41-43-44-46-48-50-52-55-58-61-67(70)73-64-65(63-72-66(69)60-57-54-15-12-9-6-3)74-68(71)62-59-56-53-51-49-47-45-42-25-23-21-19-17-14-11-8-5-2/h7,10,16,18,22,24,27-28,30-31,65H,4-6,8-9,11-15,17,19-21,23,25-26,29,32-64H2,1-3H3/b10-7-,18-16-,24-22-,28-27-,31-30-. The van der Waals surface area contributed by atoms with E-state index in [1.54, 1.807) is 0 Å². The summed E-state index contributed by atoms with van der Waals surface area (Å²) in [6, 6.07) is 0. The van der Waals surface area contributed by atoms with Crippen LogP contribution < -0.4 is 0 Å². The Hall–Kier alpha value is -2.89. The maximum atomic E-state index is 12.8. The number of esters is 3. The summed E-state index contributed by atoms with van der Waals surface area (Å²) in [4.78, 5) is 38.0. The largest absolute Gasteiger partial charge is 0.462 e. The summed E-state index contributed by atoms with van der Waals surface area (Å²) in [6.07, 6.45) is 79.9. The molecule has 74 heavy (non-hydrogen) atoms. The lowest BCUT2D eigenvalue weighted by Crippen LogP contribution is -2.30. The lowest BCUT2D eigenvalue weighted by atomic mass is 10.0. The van der Waals surface area contributed by atoms with Gasteiger partial charge in [-0.25, -0.2) is 0 Å². The maximum absolute atomic E-state index is 12.8. The average molecular weight is 1040 g/mol. The zero-order chi connectivity index (χ0) is 53.6. The highest BCUT2D eigenvalue weighted by Gasteiger charge is 2.19. The summed E-state index contributed by atoms with van der Waals surface area (Å²) in [5.41, 5.74) is 0. The van der Waals surface area contributed by atoms with Crippen molar-refractivity contribution in [2.45, 2.75) is 341 Å². The smallest absolute Gasteiger partial charge is 0.306 e. The van der Waals surface area contributed by atoms with E-state index < -0.39 is 6.10 Å². The highest BCUT2D eigenvalue weighted by atomic mass is 16.6. The van der Waals surface area contributed by atoms with Crippen LogP contribution >= 0.6 is 0 Å². The molecular formula is C68H122O6. The van der Waals surface area contributed by atoms with Gasteiger partial charge in [0.2, 0.25) is 0 Å². The second kappa shape index (κ2) is 62.6. The molecule has 0 bridgehead atoms. The molecule has 0 fully saturated rings. The molecule has 0 radical (unpaired) electrons. The summed E-state index contributed by atoms with van der Waals surface area (Å²) < 4.78 is 16.8. The lowest BCUT2D eigenvalue weighted by Gasteiger charge is -2.18. The van der Waals surface area contributed by atoms with E-state index >= 15 is 0 Å². The Balaban J connectivity index is 3.96. The van der Waals surface area contributed by atoms with Crippen LogP contribution in [0.1, 0.15) is 335 Å². The van der Waals surface area contributed by atoms with Crippen LogP contribution in [0.25, 0.3) is 0 Å². The van der Waals surface area contributed by atoms with E-state index in [1.807, 2.05) is 0 Å². The van der Waals surface area contributed by atoms with Gasteiger partial charge in [0.1, 0.15) is 13.2 Å². The van der Waals surface area contributed by atoms with E-state index in [-0.39, 0.29) is 31.1 Å². The Labute approximate surface area is 460 Å². The van der Waals surface area contributed by atoms with Crippen LogP contribution in [0.15, 0.2) is 60.8 Å². The molecule has 0 heterocycles. The molecule has 0 aliphatic heterocycles. The summed E-state index contributed by atoms with van der Waals surface area (Å²) in [5.74, 6) is -0.858. The van der Waals surface area contributed by atoms with Crippen molar-refractivity contribution in [3.8, 4) is 0 Å². The molecule has 6 nitrogen and oxygen atoms in total. The normalized spacial score (nSPS) is 12.4. The molecule has 0 amide bonds. The molecule has 1 atom stereocenters. The minimum absolute atomic E-state index is 0.0681. The van der Waals surface area contributed by atoms with Crippen molar-refractivity contribution in [3.05, 3.63) is 60.8 Å². The van der Waals surface area contributed by atoms with Crippen LogP contribution in [0.4, 0.5) is 0 Å². The first-order chi connectivity index (χ1) is 36.5. The fourth-order valence-electron chi connectivity index (χ4n) is 9.47. The Morgan fingerprint density at radius 2 is 0.527 bits per heavy atom. The predicted octanol–water partition coefficient (Wildman–Crippen LogP) is 21.9. The van der Waals surface area contributed by atoms with Gasteiger partial charge in [-0.05, 0) is 64.2 Å². The number of unbranched alkanes of at least 4 members (excludes halogenated alkanes) is 38. The minimum Gasteiger partial charge on any atom is -0.462 e. The zero-order valence-corrected chi connectivity index (χ0v) is 49.4. The van der Waals surface area contributed by atoms with Crippen LogP contribution in [-0.2, 0) is 28.6 Å². The van der Waals surface area contributed by atoms with Gasteiger partial charge < -0.3 is 14.2 Å². The molecule has 0 spiro atoms. The number of rotatable bonds is 59. The fourth-order valence-corrected chi connectivity index (χ4v) is 9.47. The Morgan fingerprint density at radius 3 is 0.824 bits per heavy atom. The number of hydrogen-bond donors (Lipinski definition) is 0. The third kappa shape index (κ3) is 60.0. The van der Waals surface area contributed by atoms with Gasteiger partial charge in [-0.2, -0.15) is 0 Å². The number of hydrogen-bond acceptors (Lipinski definition) is 6. The van der Waals surface area contributed by atoms with Gasteiger partial charge in [0.25, 0.3) is 0 Å². The van der Waals surface area contributed by atoms with Gasteiger partial charge in [0.15, 0.2) is 6.10 Å². The first-order valence-electron chi connectivity index (χ1n) is 32.3. The molecule has 0 aliphatic carbocycles. The average Bonchev–Trinajstić information content (AvgIpc) is 3.40. The van der Waals surface area contributed by atoms with Crippen molar-refractivity contribution in [1.82, 2.24) is 0 Å². The van der Waals surface area contributed by atoms with Crippen LogP contribution in [0.5, 0.6) is 0 Å². The highest BCUT2D eigenvalue weighted by Crippen LogP contribution is 2.18. The first-order valence-corrected chi connectivity index (χ1v) is 32.3. The molecule has 1 unspecified atom stereocenters. The SMILES string of the molecule is CC/C=C\C/C=C\C/C=C\C/C=C\C/C=C\CCCCCCCCCCCCCCCCCCCC(=O)OCC(COC(=O)CCCCCCCC)OC(=O)CCCCCCCCCCCCCCCCCCC. The van der Waals surface area contributed by atoms with E-state index in [0.29, 0.717) is 19.3 Å². The molecule has 6 heteroatoms. The van der Waals surface area contributed by atoms with Crippen molar-refractivity contribution >= 4 is 17.9 Å². The lowest BCUT2D eigenvalue weighted by molar-refractivity contribution is -0.167. The van der Waals surface area contributed by atoms with Gasteiger partial charge in [0, 0.05) is 19.3 Å². The summed E-state index contributed by atoms with van der Waals surface area (Å²) in [6.45, 7) is 6.51. The fraction of sp³-hybridized carbons (Fsp3) is 0.809. The van der Waals surface area contributed by atoms with Gasteiger partial charge in [0.05, 0.1) is 0 Å². The molecule has 0 aromatic heterocycles. The van der Waals surface area contributed by atoms with E-state index in [0.717, 1.165) is 89.9 Å². The van der Waals surface area contributed by atoms with Crippen LogP contribution in [0, 0.1) is 0 Å². The van der Waals surface area contributed by atoms with Crippen molar-refractivity contribution in [3.63, 3.8) is 0 Å². The van der Waals surface area contributed by atoms with E-state index in [9.17, 15) is 14.4 Å². The molecule has 0 saturated heterocycles. The summed E-state index contributed by atoms with van der Waals surface area (Å²) >= 11 is 0. The van der Waals surface area contributed by atoms with Crippen LogP contribution in [0.2, 0.25) is 0 Å².